The molecule has 2 atom stereocenters. The van der Waals surface area contributed by atoms with Crippen molar-refractivity contribution in [3.05, 3.63) is 47.2 Å². The topological polar surface area (TPSA) is 67.8 Å². The molecule has 2 N–H and O–H groups in total. The number of carbonyl (C=O) groups excluding carboxylic acids is 1. The van der Waals surface area contributed by atoms with Crippen LogP contribution < -0.4 is 5.32 Å². The van der Waals surface area contributed by atoms with Crippen molar-refractivity contribution in [3.63, 3.8) is 0 Å². The molecular weight excluding hydrogens is 306 g/mol. The van der Waals surface area contributed by atoms with Gasteiger partial charge >= 0.3 is 0 Å². The fourth-order valence-corrected chi connectivity index (χ4v) is 2.83. The van der Waals surface area contributed by atoms with Crippen LogP contribution in [0.2, 0.25) is 0 Å². The van der Waals surface area contributed by atoms with Crippen molar-refractivity contribution < 1.29 is 19.4 Å². The van der Waals surface area contributed by atoms with Gasteiger partial charge in [-0.2, -0.15) is 0 Å². The smallest absolute Gasteiger partial charge is 0.286 e. The standard InChI is InChI=1S/C19H25NO4/c1-13-9-17(19(22)20-16-3-2-4-16)24-18(10-13)23-12-15-7-5-14(11-21)6-8-15/h5-9,13,16,18,21H,2-4,10-12H2,1H3,(H,20,22)/t13-,18+/m0/s1. The second-order valence-electron chi connectivity index (χ2n) is 6.68. The maximum absolute atomic E-state index is 12.3. The van der Waals surface area contributed by atoms with Gasteiger partial charge in [-0.25, -0.2) is 0 Å². The molecule has 1 fully saturated rings. The van der Waals surface area contributed by atoms with Crippen LogP contribution in [-0.2, 0) is 27.5 Å². The van der Waals surface area contributed by atoms with Crippen LogP contribution in [0.3, 0.4) is 0 Å². The molecule has 1 saturated carbocycles. The van der Waals surface area contributed by atoms with Crippen LogP contribution in [0.15, 0.2) is 36.1 Å². The average Bonchev–Trinajstić information content (AvgIpc) is 2.56. The van der Waals surface area contributed by atoms with Crippen LogP contribution in [0.25, 0.3) is 0 Å². The third-order valence-corrected chi connectivity index (χ3v) is 4.56. The molecule has 1 aromatic rings. The third kappa shape index (κ3) is 4.36. The lowest BCUT2D eigenvalue weighted by molar-refractivity contribution is -0.153. The summed E-state index contributed by atoms with van der Waals surface area (Å²) in [7, 11) is 0. The highest BCUT2D eigenvalue weighted by molar-refractivity contribution is 5.91. The van der Waals surface area contributed by atoms with Gasteiger partial charge in [-0.3, -0.25) is 4.79 Å². The van der Waals surface area contributed by atoms with Crippen LogP contribution in [0.4, 0.5) is 0 Å². The van der Waals surface area contributed by atoms with E-state index in [0.29, 0.717) is 18.4 Å². The van der Waals surface area contributed by atoms with Crippen LogP contribution in [0, 0.1) is 5.92 Å². The molecule has 1 aromatic carbocycles. The quantitative estimate of drug-likeness (QED) is 0.841. The minimum Gasteiger partial charge on any atom is -0.459 e. The number of nitrogens with one attached hydrogen (secondary N) is 1. The Balaban J connectivity index is 1.52. The van der Waals surface area contributed by atoms with Gasteiger partial charge in [-0.15, -0.1) is 0 Å². The molecule has 130 valence electrons. The van der Waals surface area contributed by atoms with E-state index < -0.39 is 6.29 Å². The lowest BCUT2D eigenvalue weighted by Crippen LogP contribution is -2.42. The molecular formula is C19H25NO4. The maximum atomic E-state index is 12.3. The lowest BCUT2D eigenvalue weighted by Gasteiger charge is -2.30. The van der Waals surface area contributed by atoms with Gasteiger partial charge in [0, 0.05) is 12.5 Å². The summed E-state index contributed by atoms with van der Waals surface area (Å²) in [5.41, 5.74) is 1.89. The highest BCUT2D eigenvalue weighted by Gasteiger charge is 2.28. The van der Waals surface area contributed by atoms with Crippen LogP contribution in [-0.4, -0.2) is 23.3 Å². The number of hydrogen-bond donors (Lipinski definition) is 2. The number of ether oxygens (including phenoxy) is 2. The molecule has 1 amide bonds. The molecule has 3 rings (SSSR count). The molecule has 24 heavy (non-hydrogen) atoms. The Morgan fingerprint density at radius 1 is 1.29 bits per heavy atom. The Labute approximate surface area is 142 Å². The van der Waals surface area contributed by atoms with Crippen molar-refractivity contribution in [2.45, 2.75) is 58.2 Å². The monoisotopic (exact) mass is 331 g/mol. The summed E-state index contributed by atoms with van der Waals surface area (Å²) in [6.45, 7) is 2.51. The first-order valence-corrected chi connectivity index (χ1v) is 8.63. The minimum absolute atomic E-state index is 0.0364. The van der Waals surface area contributed by atoms with Gasteiger partial charge in [0.1, 0.15) is 0 Å². The summed E-state index contributed by atoms with van der Waals surface area (Å²) in [6.07, 6.45) is 5.49. The summed E-state index contributed by atoms with van der Waals surface area (Å²) in [6, 6.07) is 7.90. The van der Waals surface area contributed by atoms with Crippen molar-refractivity contribution >= 4 is 5.91 Å². The van der Waals surface area contributed by atoms with Gasteiger partial charge in [0.05, 0.1) is 13.2 Å². The Morgan fingerprint density at radius 2 is 2.00 bits per heavy atom. The van der Waals surface area contributed by atoms with Crippen LogP contribution >= 0.6 is 0 Å². The molecule has 0 spiro atoms. The molecule has 5 nitrogen and oxygen atoms in total. The Bertz CT molecular complexity index is 592. The maximum Gasteiger partial charge on any atom is 0.286 e. The van der Waals surface area contributed by atoms with Crippen molar-refractivity contribution in [2.75, 3.05) is 0 Å². The largest absolute Gasteiger partial charge is 0.459 e. The third-order valence-electron chi connectivity index (χ3n) is 4.56. The molecule has 5 heteroatoms. The van der Waals surface area contributed by atoms with E-state index in [1.165, 1.54) is 6.42 Å². The Kier molecular flexibility index (Phi) is 5.53. The van der Waals surface area contributed by atoms with Gasteiger partial charge in [-0.05, 0) is 42.4 Å². The number of allylic oxidation sites excluding steroid dienone is 1. The van der Waals surface area contributed by atoms with Gasteiger partial charge in [-0.1, -0.05) is 31.2 Å². The number of benzene rings is 1. The summed E-state index contributed by atoms with van der Waals surface area (Å²) in [5, 5.41) is 12.1. The van der Waals surface area contributed by atoms with Gasteiger partial charge in [0.2, 0.25) is 6.29 Å². The normalized spacial score (nSPS) is 23.8. The number of aliphatic hydroxyl groups excluding tert-OH is 1. The zero-order valence-corrected chi connectivity index (χ0v) is 14.0. The first-order chi connectivity index (χ1) is 11.6. The highest BCUT2D eigenvalue weighted by atomic mass is 16.7. The number of aliphatic hydroxyl groups is 1. The zero-order valence-electron chi connectivity index (χ0n) is 14.0. The van der Waals surface area contributed by atoms with Crippen LogP contribution in [0.1, 0.15) is 43.7 Å². The Morgan fingerprint density at radius 3 is 2.62 bits per heavy atom. The number of amides is 1. The van der Waals surface area contributed by atoms with E-state index in [9.17, 15) is 4.79 Å². The summed E-state index contributed by atoms with van der Waals surface area (Å²) >= 11 is 0. The second-order valence-corrected chi connectivity index (χ2v) is 6.68. The Hall–Kier alpha value is -1.85. The molecule has 0 bridgehead atoms. The van der Waals surface area contributed by atoms with Gasteiger partial charge < -0.3 is 19.9 Å². The lowest BCUT2D eigenvalue weighted by atomic mass is 9.93. The van der Waals surface area contributed by atoms with Crippen molar-refractivity contribution in [1.82, 2.24) is 5.32 Å². The molecule has 0 unspecified atom stereocenters. The molecule has 1 heterocycles. The second kappa shape index (κ2) is 7.81. The minimum atomic E-state index is -0.412. The fraction of sp³-hybridized carbons (Fsp3) is 0.526. The molecule has 0 aromatic heterocycles. The van der Waals surface area contributed by atoms with E-state index in [-0.39, 0.29) is 18.4 Å². The SMILES string of the molecule is C[C@H]1C=C(C(=O)NC2CCC2)O[C@@H](OCc2ccc(CO)cc2)C1. The van der Waals surface area contributed by atoms with E-state index in [2.05, 4.69) is 12.2 Å². The molecule has 0 radical (unpaired) electrons. The summed E-state index contributed by atoms with van der Waals surface area (Å²) in [5.74, 6) is 0.482. The summed E-state index contributed by atoms with van der Waals surface area (Å²) < 4.78 is 11.6. The predicted octanol–water partition coefficient (Wildman–Crippen LogP) is 2.63. The van der Waals surface area contributed by atoms with Crippen molar-refractivity contribution in [1.29, 1.82) is 0 Å². The predicted molar refractivity (Wildman–Crippen MR) is 89.7 cm³/mol. The van der Waals surface area contributed by atoms with Gasteiger partial charge in [0.25, 0.3) is 5.91 Å². The van der Waals surface area contributed by atoms with Crippen LogP contribution in [0.5, 0.6) is 0 Å². The van der Waals surface area contributed by atoms with E-state index in [0.717, 1.165) is 30.4 Å². The molecule has 0 saturated heterocycles. The molecule has 1 aliphatic carbocycles. The van der Waals surface area contributed by atoms with E-state index in [1.807, 2.05) is 30.3 Å². The van der Waals surface area contributed by atoms with E-state index in [1.54, 1.807) is 0 Å². The zero-order chi connectivity index (χ0) is 16.9. The first-order valence-electron chi connectivity index (χ1n) is 8.63. The molecule has 2 aliphatic rings. The number of carbonyl (C=O) groups is 1. The average molecular weight is 331 g/mol. The highest BCUT2D eigenvalue weighted by Crippen LogP contribution is 2.25. The van der Waals surface area contributed by atoms with Crippen molar-refractivity contribution in [3.8, 4) is 0 Å². The van der Waals surface area contributed by atoms with E-state index in [4.69, 9.17) is 14.6 Å². The fourth-order valence-electron chi connectivity index (χ4n) is 2.83. The van der Waals surface area contributed by atoms with Gasteiger partial charge in [0.15, 0.2) is 5.76 Å². The van der Waals surface area contributed by atoms with E-state index >= 15 is 0 Å². The number of hydrogen-bond acceptors (Lipinski definition) is 4. The first kappa shape index (κ1) is 17.0. The number of rotatable bonds is 6. The molecule has 1 aliphatic heterocycles. The summed E-state index contributed by atoms with van der Waals surface area (Å²) in [4.78, 5) is 12.3. The van der Waals surface area contributed by atoms with Crippen molar-refractivity contribution in [2.24, 2.45) is 5.92 Å².